The van der Waals surface area contributed by atoms with Gasteiger partial charge in [-0.3, -0.25) is 0 Å². The van der Waals surface area contributed by atoms with E-state index >= 15 is 0 Å². The van der Waals surface area contributed by atoms with Crippen molar-refractivity contribution in [1.29, 1.82) is 0 Å². The van der Waals surface area contributed by atoms with E-state index in [4.69, 9.17) is 9.47 Å². The molecule has 0 aromatic heterocycles. The number of hydrogen-bond acceptors (Lipinski definition) is 2. The molecule has 0 bridgehead atoms. The smallest absolute Gasteiger partial charge is 0.162 e. The average molecular weight is 256 g/mol. The summed E-state index contributed by atoms with van der Waals surface area (Å²) in [5, 5.41) is 0. The zero-order chi connectivity index (χ0) is 14.0. The van der Waals surface area contributed by atoms with Crippen molar-refractivity contribution in [3.05, 3.63) is 0 Å². The first-order valence-electron chi connectivity index (χ1n) is 7.27. The van der Waals surface area contributed by atoms with E-state index in [1.165, 1.54) is 19.3 Å². The molecule has 0 aromatic carbocycles. The lowest BCUT2D eigenvalue weighted by molar-refractivity contribution is -0.263. The fraction of sp³-hybridized carbons (Fsp3) is 1.00. The second-order valence-electron chi connectivity index (χ2n) is 8.33. The summed E-state index contributed by atoms with van der Waals surface area (Å²) in [5.41, 5.74) is 0.816. The molecule has 18 heavy (non-hydrogen) atoms. The van der Waals surface area contributed by atoms with Crippen LogP contribution in [0.15, 0.2) is 0 Å². The van der Waals surface area contributed by atoms with Crippen molar-refractivity contribution in [2.75, 3.05) is 13.2 Å². The molecule has 0 unspecified atom stereocenters. The molecular weight excluding hydrogens is 224 g/mol. The van der Waals surface area contributed by atoms with Crippen molar-refractivity contribution in [2.45, 2.75) is 73.5 Å². The van der Waals surface area contributed by atoms with Crippen molar-refractivity contribution in [3.63, 3.8) is 0 Å². The molecule has 0 atom stereocenters. The average Bonchev–Trinajstić information content (AvgIpc) is 2.12. The largest absolute Gasteiger partial charge is 0.350 e. The topological polar surface area (TPSA) is 18.5 Å². The highest BCUT2D eigenvalue weighted by atomic mass is 16.7. The van der Waals surface area contributed by atoms with Gasteiger partial charge in [-0.1, -0.05) is 34.6 Å². The molecule has 1 fully saturated rings. The second-order valence-corrected chi connectivity index (χ2v) is 8.33. The summed E-state index contributed by atoms with van der Waals surface area (Å²) in [4.78, 5) is 0. The lowest BCUT2D eigenvalue weighted by Gasteiger charge is -2.37. The van der Waals surface area contributed by atoms with Gasteiger partial charge in [0.15, 0.2) is 5.79 Å². The molecule has 0 N–H and O–H groups in total. The molecule has 0 aliphatic carbocycles. The normalized spacial score (nSPS) is 22.2. The van der Waals surface area contributed by atoms with Gasteiger partial charge in [0.2, 0.25) is 0 Å². The van der Waals surface area contributed by atoms with Gasteiger partial charge in [0.05, 0.1) is 13.2 Å². The van der Waals surface area contributed by atoms with Crippen LogP contribution in [0.4, 0.5) is 0 Å². The molecule has 0 aromatic rings. The van der Waals surface area contributed by atoms with Crippen LogP contribution in [0, 0.1) is 16.7 Å². The van der Waals surface area contributed by atoms with Gasteiger partial charge >= 0.3 is 0 Å². The van der Waals surface area contributed by atoms with Crippen LogP contribution in [0.2, 0.25) is 0 Å². The molecule has 2 nitrogen and oxygen atoms in total. The van der Waals surface area contributed by atoms with Crippen LogP contribution in [0.1, 0.15) is 67.7 Å². The van der Waals surface area contributed by atoms with Gasteiger partial charge in [-0.15, -0.1) is 0 Å². The Morgan fingerprint density at radius 2 is 1.50 bits per heavy atom. The van der Waals surface area contributed by atoms with E-state index in [2.05, 4.69) is 34.6 Å². The summed E-state index contributed by atoms with van der Waals surface area (Å²) in [5.74, 6) is 0.189. The maximum absolute atomic E-state index is 5.72. The molecule has 1 aliphatic rings. The fourth-order valence-corrected chi connectivity index (χ4v) is 3.01. The van der Waals surface area contributed by atoms with Crippen LogP contribution in [-0.2, 0) is 9.47 Å². The minimum Gasteiger partial charge on any atom is -0.350 e. The Hall–Kier alpha value is -0.0800. The molecule has 1 heterocycles. The zero-order valence-electron chi connectivity index (χ0n) is 13.4. The molecule has 108 valence electrons. The summed E-state index contributed by atoms with van der Waals surface area (Å²) in [6, 6.07) is 0. The van der Waals surface area contributed by atoms with Gasteiger partial charge in [0.1, 0.15) is 0 Å². The van der Waals surface area contributed by atoms with E-state index in [0.717, 1.165) is 13.2 Å². The van der Waals surface area contributed by atoms with Crippen LogP contribution in [-0.4, -0.2) is 19.0 Å². The monoisotopic (exact) mass is 256 g/mol. The lowest BCUT2D eigenvalue weighted by Crippen LogP contribution is -2.39. The molecule has 0 saturated carbocycles. The Balaban J connectivity index is 2.33. The molecular formula is C16H32O2. The quantitative estimate of drug-likeness (QED) is 0.730. The SMILES string of the molecule is CC(C)(C)CC(C)(C)CCC1COC(C)(C)OC1. The van der Waals surface area contributed by atoms with Gasteiger partial charge in [-0.25, -0.2) is 0 Å². The minimum atomic E-state index is -0.378. The molecule has 1 rings (SSSR count). The van der Waals surface area contributed by atoms with Crippen LogP contribution in [0.5, 0.6) is 0 Å². The third-order valence-electron chi connectivity index (χ3n) is 3.57. The van der Waals surface area contributed by atoms with Crippen LogP contribution >= 0.6 is 0 Å². The maximum atomic E-state index is 5.72. The number of hydrogen-bond donors (Lipinski definition) is 0. The summed E-state index contributed by atoms with van der Waals surface area (Å²) in [6.45, 7) is 17.4. The third kappa shape index (κ3) is 6.19. The van der Waals surface area contributed by atoms with E-state index in [9.17, 15) is 0 Å². The van der Waals surface area contributed by atoms with Gasteiger partial charge < -0.3 is 9.47 Å². The van der Waals surface area contributed by atoms with Gasteiger partial charge in [0.25, 0.3) is 0 Å². The minimum absolute atomic E-state index is 0.378. The van der Waals surface area contributed by atoms with E-state index < -0.39 is 0 Å². The number of ether oxygens (including phenoxy) is 2. The van der Waals surface area contributed by atoms with Crippen LogP contribution in [0.25, 0.3) is 0 Å². The Bertz CT molecular complexity index is 251. The molecule has 2 heteroatoms. The first-order valence-corrected chi connectivity index (χ1v) is 7.27. The van der Waals surface area contributed by atoms with Crippen molar-refractivity contribution in [3.8, 4) is 0 Å². The first kappa shape index (κ1) is 16.0. The van der Waals surface area contributed by atoms with Gasteiger partial charge in [0, 0.05) is 5.92 Å². The van der Waals surface area contributed by atoms with Crippen LogP contribution in [0.3, 0.4) is 0 Å². The van der Waals surface area contributed by atoms with Gasteiger partial charge in [-0.05, 0) is 43.9 Å². The van der Waals surface area contributed by atoms with E-state index in [1.54, 1.807) is 0 Å². The first-order chi connectivity index (χ1) is 7.99. The highest BCUT2D eigenvalue weighted by Crippen LogP contribution is 2.38. The second kappa shape index (κ2) is 5.50. The Morgan fingerprint density at radius 1 is 1.00 bits per heavy atom. The molecule has 0 spiro atoms. The highest BCUT2D eigenvalue weighted by Gasteiger charge is 2.30. The number of rotatable bonds is 4. The van der Waals surface area contributed by atoms with Crippen molar-refractivity contribution in [1.82, 2.24) is 0 Å². The molecule has 0 radical (unpaired) electrons. The van der Waals surface area contributed by atoms with E-state index in [1.807, 2.05) is 13.8 Å². The fourth-order valence-electron chi connectivity index (χ4n) is 3.01. The van der Waals surface area contributed by atoms with E-state index in [-0.39, 0.29) is 5.79 Å². The molecule has 0 amide bonds. The standard InChI is InChI=1S/C16H32O2/c1-14(2,3)12-15(4,5)9-8-13-10-17-16(6,7)18-11-13/h13H,8-12H2,1-7H3. The summed E-state index contributed by atoms with van der Waals surface area (Å²) in [7, 11) is 0. The molecule has 1 aliphatic heterocycles. The Morgan fingerprint density at radius 3 is 1.94 bits per heavy atom. The van der Waals surface area contributed by atoms with Crippen molar-refractivity contribution >= 4 is 0 Å². The predicted molar refractivity (Wildman–Crippen MR) is 76.6 cm³/mol. The Labute approximate surface area is 113 Å². The summed E-state index contributed by atoms with van der Waals surface area (Å²) >= 11 is 0. The van der Waals surface area contributed by atoms with Crippen molar-refractivity contribution < 1.29 is 9.47 Å². The Kier molecular flexibility index (Phi) is 4.88. The third-order valence-corrected chi connectivity index (χ3v) is 3.57. The maximum Gasteiger partial charge on any atom is 0.162 e. The van der Waals surface area contributed by atoms with Crippen molar-refractivity contribution in [2.24, 2.45) is 16.7 Å². The van der Waals surface area contributed by atoms with Crippen LogP contribution < -0.4 is 0 Å². The highest BCUT2D eigenvalue weighted by molar-refractivity contribution is 4.78. The lowest BCUT2D eigenvalue weighted by atomic mass is 9.73. The molecule has 1 saturated heterocycles. The van der Waals surface area contributed by atoms with E-state index in [0.29, 0.717) is 16.7 Å². The zero-order valence-corrected chi connectivity index (χ0v) is 13.4. The van der Waals surface area contributed by atoms with Gasteiger partial charge in [-0.2, -0.15) is 0 Å². The summed E-state index contributed by atoms with van der Waals surface area (Å²) in [6.07, 6.45) is 3.72. The predicted octanol–water partition coefficient (Wildman–Crippen LogP) is 4.63. The summed E-state index contributed by atoms with van der Waals surface area (Å²) < 4.78 is 11.4.